The zero-order chi connectivity index (χ0) is 14.6. The number of piperazine rings is 1. The van der Waals surface area contributed by atoms with Crippen LogP contribution in [0, 0.1) is 11.8 Å². The van der Waals surface area contributed by atoms with Crippen LogP contribution >= 0.6 is 0 Å². The highest BCUT2D eigenvalue weighted by molar-refractivity contribution is 5.97. The Morgan fingerprint density at radius 3 is 2.52 bits per heavy atom. The summed E-state index contributed by atoms with van der Waals surface area (Å²) >= 11 is 0. The van der Waals surface area contributed by atoms with E-state index in [-0.39, 0.29) is 23.9 Å². The second-order valence-electron chi connectivity index (χ2n) is 6.59. The Morgan fingerprint density at radius 2 is 1.95 bits per heavy atom. The van der Waals surface area contributed by atoms with Crippen molar-refractivity contribution in [2.24, 2.45) is 18.9 Å². The van der Waals surface area contributed by atoms with E-state index in [4.69, 9.17) is 0 Å². The average molecular weight is 288 g/mol. The number of rotatable bonds is 4. The molecule has 0 spiro atoms. The van der Waals surface area contributed by atoms with E-state index in [1.165, 1.54) is 0 Å². The summed E-state index contributed by atoms with van der Waals surface area (Å²) in [5.74, 6) is 0.819. The molecule has 1 aliphatic heterocycles. The zero-order valence-electron chi connectivity index (χ0n) is 12.2. The molecule has 6 heteroatoms. The van der Waals surface area contributed by atoms with E-state index < -0.39 is 0 Å². The molecule has 2 saturated carbocycles. The fourth-order valence-corrected chi connectivity index (χ4v) is 3.31. The van der Waals surface area contributed by atoms with Gasteiger partial charge in [0.25, 0.3) is 0 Å². The van der Waals surface area contributed by atoms with Gasteiger partial charge in [-0.2, -0.15) is 5.10 Å². The van der Waals surface area contributed by atoms with E-state index in [9.17, 15) is 9.59 Å². The Balaban J connectivity index is 1.60. The van der Waals surface area contributed by atoms with Gasteiger partial charge < -0.3 is 10.2 Å². The van der Waals surface area contributed by atoms with Crippen molar-refractivity contribution < 1.29 is 9.59 Å². The van der Waals surface area contributed by atoms with Gasteiger partial charge in [0, 0.05) is 25.4 Å². The number of carbonyl (C=O) groups is 2. The molecule has 2 amide bonds. The molecule has 0 radical (unpaired) electrons. The number of amides is 2. The third-order valence-electron chi connectivity index (χ3n) is 4.72. The Morgan fingerprint density at radius 1 is 1.24 bits per heavy atom. The zero-order valence-corrected chi connectivity index (χ0v) is 12.2. The van der Waals surface area contributed by atoms with E-state index in [2.05, 4.69) is 10.4 Å². The smallest absolute Gasteiger partial charge is 0.246 e. The Labute approximate surface area is 123 Å². The monoisotopic (exact) mass is 288 g/mol. The van der Waals surface area contributed by atoms with Gasteiger partial charge in [-0.25, -0.2) is 0 Å². The largest absolute Gasteiger partial charge is 0.342 e. The van der Waals surface area contributed by atoms with Gasteiger partial charge in [-0.05, 0) is 37.5 Å². The number of nitrogens with zero attached hydrogens (tertiary/aromatic N) is 3. The van der Waals surface area contributed by atoms with Crippen LogP contribution in [0.15, 0.2) is 12.4 Å². The number of carbonyl (C=O) groups excluding carboxylic acids is 2. The van der Waals surface area contributed by atoms with Crippen molar-refractivity contribution in [3.63, 3.8) is 0 Å². The third kappa shape index (κ3) is 2.32. The van der Waals surface area contributed by atoms with E-state index in [1.807, 2.05) is 13.2 Å². The molecule has 21 heavy (non-hydrogen) atoms. The minimum Gasteiger partial charge on any atom is -0.342 e. The molecule has 2 unspecified atom stereocenters. The van der Waals surface area contributed by atoms with Crippen molar-refractivity contribution >= 4 is 11.8 Å². The molecule has 4 rings (SSSR count). The van der Waals surface area contributed by atoms with Crippen molar-refractivity contribution in [2.75, 3.05) is 0 Å². The molecule has 2 atom stereocenters. The fourth-order valence-electron chi connectivity index (χ4n) is 3.31. The van der Waals surface area contributed by atoms with Crippen molar-refractivity contribution in [2.45, 2.75) is 44.3 Å². The van der Waals surface area contributed by atoms with Crippen LogP contribution in [0.5, 0.6) is 0 Å². The Bertz CT molecular complexity index is 588. The van der Waals surface area contributed by atoms with Crippen LogP contribution in [0.25, 0.3) is 0 Å². The quantitative estimate of drug-likeness (QED) is 0.874. The van der Waals surface area contributed by atoms with Crippen LogP contribution in [0.1, 0.15) is 31.2 Å². The maximum Gasteiger partial charge on any atom is 0.246 e. The molecular formula is C15H20N4O2. The summed E-state index contributed by atoms with van der Waals surface area (Å²) in [6.07, 6.45) is 7.87. The highest BCUT2D eigenvalue weighted by Gasteiger charge is 2.51. The summed E-state index contributed by atoms with van der Waals surface area (Å²) < 4.78 is 1.73. The highest BCUT2D eigenvalue weighted by atomic mass is 16.2. The summed E-state index contributed by atoms with van der Waals surface area (Å²) in [5.41, 5.74) is 0.987. The van der Waals surface area contributed by atoms with E-state index in [0.717, 1.165) is 31.2 Å². The lowest BCUT2D eigenvalue weighted by molar-refractivity contribution is -0.151. The van der Waals surface area contributed by atoms with Gasteiger partial charge >= 0.3 is 0 Å². The molecule has 0 aromatic carbocycles. The Hall–Kier alpha value is -1.85. The van der Waals surface area contributed by atoms with Gasteiger partial charge in [0.2, 0.25) is 11.8 Å². The lowest BCUT2D eigenvalue weighted by Crippen LogP contribution is -2.64. The molecule has 2 heterocycles. The molecule has 3 aliphatic rings. The number of aryl methyl sites for hydroxylation is 1. The topological polar surface area (TPSA) is 67.2 Å². The second-order valence-corrected chi connectivity index (χ2v) is 6.59. The SMILES string of the molecule is Cn1cc(CN2C(=O)C(C3CC3)NC(=O)C2C2CC2)cn1. The van der Waals surface area contributed by atoms with Crippen molar-refractivity contribution in [3.8, 4) is 0 Å². The second kappa shape index (κ2) is 4.58. The summed E-state index contributed by atoms with van der Waals surface area (Å²) in [5, 5.41) is 7.13. The van der Waals surface area contributed by atoms with Crippen LogP contribution in [0.3, 0.4) is 0 Å². The summed E-state index contributed by atoms with van der Waals surface area (Å²) in [4.78, 5) is 27.0. The molecular weight excluding hydrogens is 268 g/mol. The molecule has 6 nitrogen and oxygen atoms in total. The third-order valence-corrected chi connectivity index (χ3v) is 4.72. The first-order valence-electron chi connectivity index (χ1n) is 7.72. The Kier molecular flexibility index (Phi) is 2.80. The van der Waals surface area contributed by atoms with Crippen LogP contribution in [-0.4, -0.2) is 38.6 Å². The van der Waals surface area contributed by atoms with Crippen molar-refractivity contribution in [1.82, 2.24) is 20.0 Å². The molecule has 0 bridgehead atoms. The lowest BCUT2D eigenvalue weighted by atomic mass is 10.00. The van der Waals surface area contributed by atoms with Crippen LogP contribution in [0.4, 0.5) is 0 Å². The van der Waals surface area contributed by atoms with Crippen molar-refractivity contribution in [3.05, 3.63) is 18.0 Å². The summed E-state index contributed by atoms with van der Waals surface area (Å²) in [6, 6.07) is -0.586. The first-order valence-corrected chi connectivity index (χ1v) is 7.72. The van der Waals surface area contributed by atoms with E-state index >= 15 is 0 Å². The fraction of sp³-hybridized carbons (Fsp3) is 0.667. The predicted octanol–water partition coefficient (Wildman–Crippen LogP) is 0.436. The predicted molar refractivity (Wildman–Crippen MR) is 74.9 cm³/mol. The lowest BCUT2D eigenvalue weighted by Gasteiger charge is -2.39. The van der Waals surface area contributed by atoms with Gasteiger partial charge in [0.1, 0.15) is 12.1 Å². The van der Waals surface area contributed by atoms with Crippen LogP contribution in [0.2, 0.25) is 0 Å². The molecule has 1 saturated heterocycles. The minimum atomic E-state index is -0.302. The molecule has 2 aliphatic carbocycles. The number of aromatic nitrogens is 2. The van der Waals surface area contributed by atoms with Gasteiger partial charge in [0.05, 0.1) is 6.20 Å². The number of nitrogens with one attached hydrogen (secondary N) is 1. The highest BCUT2D eigenvalue weighted by Crippen LogP contribution is 2.41. The summed E-state index contributed by atoms with van der Waals surface area (Å²) in [7, 11) is 1.86. The van der Waals surface area contributed by atoms with E-state index in [1.54, 1.807) is 15.8 Å². The first-order chi connectivity index (χ1) is 10.1. The maximum absolute atomic E-state index is 12.8. The standard InChI is InChI=1S/C15H20N4O2/c1-18-7-9(6-16-18)8-19-13(11-4-5-11)14(20)17-12(15(19)21)10-2-3-10/h6-7,10-13H,2-5,8H2,1H3,(H,17,20). The molecule has 1 N–H and O–H groups in total. The normalized spacial score (nSPS) is 29.7. The summed E-state index contributed by atoms with van der Waals surface area (Å²) in [6.45, 7) is 0.491. The number of hydrogen-bond donors (Lipinski definition) is 1. The van der Waals surface area contributed by atoms with Gasteiger partial charge in [0.15, 0.2) is 0 Å². The average Bonchev–Trinajstić information content (AvgIpc) is 3.33. The molecule has 112 valence electrons. The van der Waals surface area contributed by atoms with Crippen molar-refractivity contribution in [1.29, 1.82) is 0 Å². The van der Waals surface area contributed by atoms with Gasteiger partial charge in [-0.15, -0.1) is 0 Å². The van der Waals surface area contributed by atoms with Gasteiger partial charge in [-0.3, -0.25) is 14.3 Å². The van der Waals surface area contributed by atoms with Gasteiger partial charge in [-0.1, -0.05) is 0 Å². The first kappa shape index (κ1) is 12.9. The number of hydrogen-bond acceptors (Lipinski definition) is 3. The molecule has 3 fully saturated rings. The van der Waals surface area contributed by atoms with Crippen LogP contribution in [-0.2, 0) is 23.2 Å². The van der Waals surface area contributed by atoms with Crippen LogP contribution < -0.4 is 5.32 Å². The molecule has 1 aromatic rings. The molecule has 1 aromatic heterocycles. The maximum atomic E-state index is 12.8. The minimum absolute atomic E-state index is 0.0397. The van der Waals surface area contributed by atoms with E-state index in [0.29, 0.717) is 18.4 Å².